The molecule has 0 spiro atoms. The molecule has 2 aromatic rings. The summed E-state index contributed by atoms with van der Waals surface area (Å²) in [5.74, 6) is -0.270. The van der Waals surface area contributed by atoms with Crippen molar-refractivity contribution in [1.29, 1.82) is 0 Å². The van der Waals surface area contributed by atoms with Crippen LogP contribution in [0.3, 0.4) is 0 Å². The topological polar surface area (TPSA) is 137 Å². The molecule has 0 aromatic heterocycles. The molecule has 49 heavy (non-hydrogen) atoms. The normalized spacial score (nSPS) is 26.0. The average molecular weight is 678 g/mol. The number of nitrogens with zero attached hydrogens (tertiary/aromatic N) is 1. The predicted octanol–water partition coefficient (Wildman–Crippen LogP) is 6.64. The number of piperidine rings is 1. The van der Waals surface area contributed by atoms with Crippen molar-refractivity contribution in [1.82, 2.24) is 10.2 Å². The minimum atomic E-state index is -0.819. The van der Waals surface area contributed by atoms with Crippen LogP contribution in [0.1, 0.15) is 127 Å². The lowest BCUT2D eigenvalue weighted by Gasteiger charge is -2.50. The Balaban J connectivity index is 1.35. The van der Waals surface area contributed by atoms with E-state index in [9.17, 15) is 19.5 Å². The van der Waals surface area contributed by atoms with E-state index in [1.165, 1.54) is 19.3 Å². The molecule has 5 rings (SSSR count). The number of carboxylic acids is 1. The number of hydrogen-bond acceptors (Lipinski definition) is 7. The van der Waals surface area contributed by atoms with Gasteiger partial charge in [-0.3, -0.25) is 19.3 Å². The number of nitrogens with one attached hydrogen (secondary N) is 2. The van der Waals surface area contributed by atoms with Crippen molar-refractivity contribution >= 4 is 23.5 Å². The fourth-order valence-electron chi connectivity index (χ4n) is 7.72. The number of carbonyl (C=O) groups excluding carboxylic acids is 2. The number of anilines is 1. The number of rotatable bonds is 13. The molecule has 2 aliphatic heterocycles. The van der Waals surface area contributed by atoms with E-state index >= 15 is 0 Å². The number of aliphatic carboxylic acids is 1. The third-order valence-corrected chi connectivity index (χ3v) is 10.1. The van der Waals surface area contributed by atoms with Crippen LogP contribution in [0.5, 0.6) is 0 Å². The summed E-state index contributed by atoms with van der Waals surface area (Å²) in [5.41, 5.74) is 2.94. The van der Waals surface area contributed by atoms with Crippen molar-refractivity contribution < 1.29 is 34.1 Å². The molecule has 0 bridgehead atoms. The molecule has 0 radical (unpaired) electrons. The number of benzene rings is 2. The van der Waals surface area contributed by atoms with Crippen molar-refractivity contribution in [2.75, 3.05) is 11.9 Å². The van der Waals surface area contributed by atoms with Gasteiger partial charge in [-0.05, 0) is 88.5 Å². The summed E-state index contributed by atoms with van der Waals surface area (Å²) >= 11 is 0. The van der Waals surface area contributed by atoms with Gasteiger partial charge in [-0.25, -0.2) is 0 Å². The lowest BCUT2D eigenvalue weighted by Crippen LogP contribution is -2.61. The lowest BCUT2D eigenvalue weighted by molar-refractivity contribution is -0.255. The monoisotopic (exact) mass is 677 g/mol. The van der Waals surface area contributed by atoms with Crippen LogP contribution in [0.15, 0.2) is 48.5 Å². The standard InChI is InChI=1S/C39H55N3O7/c1-39(2,3)41-37(47)33-21-20-27-10-7-8-13-32(27)42(33)24-31-23-34(28-18-16-26(25-43)17-19-28)49-38(48-31)29-11-9-12-30(22-29)40-35(44)14-5-4-6-15-36(45)46/h9,11-12,16-19,22,27,31-34,38,43H,4-8,10,13-15,20-21,23-25H2,1-3H3,(H,40,44)(H,41,47)(H,45,46). The van der Waals surface area contributed by atoms with Crippen LogP contribution in [0.25, 0.3) is 0 Å². The molecule has 3 fully saturated rings. The molecule has 4 N–H and O–H groups in total. The second-order valence-corrected chi connectivity index (χ2v) is 15.1. The molecular formula is C39H55N3O7. The lowest BCUT2D eigenvalue weighted by atomic mass is 9.75. The Morgan fingerprint density at radius 1 is 0.898 bits per heavy atom. The van der Waals surface area contributed by atoms with Crippen molar-refractivity contribution in [3.8, 4) is 0 Å². The SMILES string of the molecule is CC(C)(C)NC(=O)C1CCC2CCCCC2N1CC1CC(c2ccc(CO)cc2)OC(c2cccc(NC(=O)CCCCCC(=O)O)c2)O1. The Kier molecular flexibility index (Phi) is 12.9. The van der Waals surface area contributed by atoms with E-state index in [-0.39, 0.29) is 48.6 Å². The molecule has 6 atom stereocenters. The van der Waals surface area contributed by atoms with Crippen molar-refractivity contribution in [3.05, 3.63) is 65.2 Å². The quantitative estimate of drug-likeness (QED) is 0.173. The van der Waals surface area contributed by atoms with Crippen LogP contribution < -0.4 is 10.6 Å². The molecule has 2 amide bonds. The van der Waals surface area contributed by atoms with Crippen LogP contribution >= 0.6 is 0 Å². The zero-order chi connectivity index (χ0) is 35.0. The fraction of sp³-hybridized carbons (Fsp3) is 0.615. The van der Waals surface area contributed by atoms with E-state index in [1.54, 1.807) is 0 Å². The van der Waals surface area contributed by atoms with Crippen LogP contribution in [-0.4, -0.2) is 63.2 Å². The number of unbranched alkanes of at least 4 members (excludes halogenated alkanes) is 2. The first-order valence-corrected chi connectivity index (χ1v) is 18.2. The van der Waals surface area contributed by atoms with E-state index < -0.39 is 12.3 Å². The van der Waals surface area contributed by atoms with E-state index in [0.29, 0.717) is 56.3 Å². The second-order valence-electron chi connectivity index (χ2n) is 15.1. The number of fused-ring (bicyclic) bond motifs is 1. The van der Waals surface area contributed by atoms with E-state index in [1.807, 2.05) is 69.3 Å². The Morgan fingerprint density at radius 2 is 1.65 bits per heavy atom. The Hall–Kier alpha value is -3.31. The van der Waals surface area contributed by atoms with Gasteiger partial charge in [-0.1, -0.05) is 55.7 Å². The van der Waals surface area contributed by atoms with E-state index in [2.05, 4.69) is 15.5 Å². The first-order chi connectivity index (χ1) is 23.5. The van der Waals surface area contributed by atoms with Gasteiger partial charge in [0, 0.05) is 48.6 Å². The van der Waals surface area contributed by atoms with E-state index in [0.717, 1.165) is 36.0 Å². The molecule has 10 heteroatoms. The van der Waals surface area contributed by atoms with Gasteiger partial charge >= 0.3 is 5.97 Å². The number of aliphatic hydroxyl groups excluding tert-OH is 1. The van der Waals surface area contributed by atoms with Crippen molar-refractivity contribution in [2.45, 2.75) is 141 Å². The smallest absolute Gasteiger partial charge is 0.303 e. The summed E-state index contributed by atoms with van der Waals surface area (Å²) in [6.07, 6.45) is 8.35. The highest BCUT2D eigenvalue weighted by molar-refractivity contribution is 5.90. The van der Waals surface area contributed by atoms with E-state index in [4.69, 9.17) is 14.6 Å². The number of ether oxygens (including phenoxy) is 2. The van der Waals surface area contributed by atoms with Crippen molar-refractivity contribution in [3.63, 3.8) is 0 Å². The summed E-state index contributed by atoms with van der Waals surface area (Å²) in [5, 5.41) is 24.7. The third kappa shape index (κ3) is 10.6. The highest BCUT2D eigenvalue weighted by Gasteiger charge is 2.44. The number of amides is 2. The summed E-state index contributed by atoms with van der Waals surface area (Å²) in [4.78, 5) is 39.6. The molecule has 2 saturated heterocycles. The highest BCUT2D eigenvalue weighted by atomic mass is 16.7. The zero-order valence-electron chi connectivity index (χ0n) is 29.4. The Labute approximate surface area is 290 Å². The van der Waals surface area contributed by atoms with Crippen molar-refractivity contribution in [2.24, 2.45) is 5.92 Å². The van der Waals surface area contributed by atoms with Crippen LogP contribution in [-0.2, 0) is 30.5 Å². The molecule has 1 saturated carbocycles. The fourth-order valence-corrected chi connectivity index (χ4v) is 7.72. The molecule has 1 aliphatic carbocycles. The molecular weight excluding hydrogens is 622 g/mol. The minimum absolute atomic E-state index is 0.0312. The maximum atomic E-state index is 13.7. The van der Waals surface area contributed by atoms with Crippen LogP contribution in [0.2, 0.25) is 0 Å². The van der Waals surface area contributed by atoms with Gasteiger partial charge in [-0.15, -0.1) is 0 Å². The molecule has 2 aromatic carbocycles. The predicted molar refractivity (Wildman–Crippen MR) is 188 cm³/mol. The largest absolute Gasteiger partial charge is 0.481 e. The molecule has 2 heterocycles. The van der Waals surface area contributed by atoms with Gasteiger partial charge in [0.1, 0.15) is 0 Å². The molecule has 268 valence electrons. The maximum Gasteiger partial charge on any atom is 0.303 e. The summed E-state index contributed by atoms with van der Waals surface area (Å²) < 4.78 is 13.4. The van der Waals surface area contributed by atoms with Gasteiger partial charge in [0.2, 0.25) is 11.8 Å². The first-order valence-electron chi connectivity index (χ1n) is 18.2. The maximum absolute atomic E-state index is 13.7. The molecule has 10 nitrogen and oxygen atoms in total. The Morgan fingerprint density at radius 3 is 2.39 bits per heavy atom. The summed E-state index contributed by atoms with van der Waals surface area (Å²) in [6.45, 7) is 6.67. The number of carboxylic acid groups (broad SMARTS) is 1. The van der Waals surface area contributed by atoms with Crippen LogP contribution in [0.4, 0.5) is 5.69 Å². The number of carbonyl (C=O) groups is 3. The van der Waals surface area contributed by atoms with Gasteiger partial charge in [0.15, 0.2) is 6.29 Å². The van der Waals surface area contributed by atoms with Gasteiger partial charge < -0.3 is 30.3 Å². The number of likely N-dealkylation sites (tertiary alicyclic amines) is 1. The van der Waals surface area contributed by atoms with Gasteiger partial charge in [-0.2, -0.15) is 0 Å². The zero-order valence-corrected chi connectivity index (χ0v) is 29.4. The summed E-state index contributed by atoms with van der Waals surface area (Å²) in [6, 6.07) is 15.5. The summed E-state index contributed by atoms with van der Waals surface area (Å²) in [7, 11) is 0. The minimum Gasteiger partial charge on any atom is -0.481 e. The third-order valence-electron chi connectivity index (χ3n) is 10.1. The van der Waals surface area contributed by atoms with Gasteiger partial charge in [0.05, 0.1) is 24.9 Å². The molecule has 3 aliphatic rings. The van der Waals surface area contributed by atoms with Crippen LogP contribution in [0, 0.1) is 5.92 Å². The van der Waals surface area contributed by atoms with Gasteiger partial charge in [0.25, 0.3) is 0 Å². The Bertz CT molecular complexity index is 1410. The molecule has 6 unspecified atom stereocenters. The number of hydrogen-bond donors (Lipinski definition) is 4. The second kappa shape index (κ2) is 17.1. The highest BCUT2D eigenvalue weighted by Crippen LogP contribution is 2.42. The first kappa shape index (κ1) is 37.0. The average Bonchev–Trinajstić information content (AvgIpc) is 3.07. The number of aliphatic hydroxyl groups is 1.